The van der Waals surface area contributed by atoms with Gasteiger partial charge in [-0.05, 0) is 48.4 Å². The zero-order chi connectivity index (χ0) is 15.7. The molecule has 2 aromatic rings. The first-order valence-corrected chi connectivity index (χ1v) is 9.16. The number of hydrogen-bond donors (Lipinski definition) is 0. The minimum atomic E-state index is 0.869. The monoisotopic (exact) mass is 308 g/mol. The smallest absolute Gasteiger partial charge is 0.119 e. The second kappa shape index (κ2) is 8.76. The SMILES string of the molecule is c1ccc(CCc2ccc(OCCC3CCCCC3)cc2)cc1. The van der Waals surface area contributed by atoms with Gasteiger partial charge in [-0.3, -0.25) is 0 Å². The molecule has 0 N–H and O–H groups in total. The van der Waals surface area contributed by atoms with Crippen molar-refractivity contribution >= 4 is 0 Å². The van der Waals surface area contributed by atoms with Gasteiger partial charge in [0.1, 0.15) is 5.75 Å². The van der Waals surface area contributed by atoms with E-state index in [1.165, 1.54) is 49.7 Å². The van der Waals surface area contributed by atoms with Gasteiger partial charge in [0, 0.05) is 0 Å². The lowest BCUT2D eigenvalue weighted by molar-refractivity contribution is 0.246. The minimum absolute atomic E-state index is 0.869. The summed E-state index contributed by atoms with van der Waals surface area (Å²) in [4.78, 5) is 0. The van der Waals surface area contributed by atoms with Crippen LogP contribution in [0.4, 0.5) is 0 Å². The summed E-state index contributed by atoms with van der Waals surface area (Å²) >= 11 is 0. The Bertz CT molecular complexity index is 552. The van der Waals surface area contributed by atoms with Crippen LogP contribution in [0.5, 0.6) is 5.75 Å². The first-order valence-electron chi connectivity index (χ1n) is 9.16. The maximum Gasteiger partial charge on any atom is 0.119 e. The minimum Gasteiger partial charge on any atom is -0.494 e. The van der Waals surface area contributed by atoms with Gasteiger partial charge in [0.25, 0.3) is 0 Å². The van der Waals surface area contributed by atoms with Gasteiger partial charge in [0.15, 0.2) is 0 Å². The summed E-state index contributed by atoms with van der Waals surface area (Å²) in [6.07, 6.45) is 10.5. The van der Waals surface area contributed by atoms with Crippen LogP contribution in [0.3, 0.4) is 0 Å². The highest BCUT2D eigenvalue weighted by Crippen LogP contribution is 2.26. The van der Waals surface area contributed by atoms with Crippen LogP contribution in [0, 0.1) is 5.92 Å². The molecule has 1 aliphatic carbocycles. The van der Waals surface area contributed by atoms with Crippen LogP contribution in [-0.4, -0.2) is 6.61 Å². The molecule has 1 saturated carbocycles. The van der Waals surface area contributed by atoms with Crippen molar-refractivity contribution in [2.45, 2.75) is 51.4 Å². The molecule has 3 rings (SSSR count). The van der Waals surface area contributed by atoms with Crippen molar-refractivity contribution in [3.8, 4) is 5.75 Å². The van der Waals surface area contributed by atoms with E-state index in [0.29, 0.717) is 0 Å². The quantitative estimate of drug-likeness (QED) is 0.626. The molecule has 2 aromatic carbocycles. The van der Waals surface area contributed by atoms with E-state index in [-0.39, 0.29) is 0 Å². The summed E-state index contributed by atoms with van der Waals surface area (Å²) in [6, 6.07) is 19.4. The lowest BCUT2D eigenvalue weighted by Crippen LogP contribution is -2.10. The topological polar surface area (TPSA) is 9.23 Å². The summed E-state index contributed by atoms with van der Waals surface area (Å²) in [6.45, 7) is 0.869. The molecule has 1 nitrogen and oxygen atoms in total. The molecule has 23 heavy (non-hydrogen) atoms. The third-order valence-corrected chi connectivity index (χ3v) is 4.99. The van der Waals surface area contributed by atoms with Crippen LogP contribution >= 0.6 is 0 Å². The second-order valence-corrected chi connectivity index (χ2v) is 6.77. The molecule has 0 saturated heterocycles. The average molecular weight is 308 g/mol. The van der Waals surface area contributed by atoms with Gasteiger partial charge in [-0.25, -0.2) is 0 Å². The summed E-state index contributed by atoms with van der Waals surface area (Å²) in [7, 11) is 0. The predicted octanol–water partition coefficient (Wildman–Crippen LogP) is 5.82. The van der Waals surface area contributed by atoms with E-state index in [2.05, 4.69) is 54.6 Å². The summed E-state index contributed by atoms with van der Waals surface area (Å²) in [5.41, 5.74) is 2.79. The Morgan fingerprint density at radius 1 is 0.739 bits per heavy atom. The molecule has 0 aromatic heterocycles. The number of rotatable bonds is 7. The molecule has 0 spiro atoms. The first kappa shape index (κ1) is 16.1. The van der Waals surface area contributed by atoms with Gasteiger partial charge in [-0.2, -0.15) is 0 Å². The van der Waals surface area contributed by atoms with Crippen molar-refractivity contribution < 1.29 is 4.74 Å². The van der Waals surface area contributed by atoms with E-state index >= 15 is 0 Å². The summed E-state index contributed by atoms with van der Waals surface area (Å²) in [5, 5.41) is 0. The fourth-order valence-electron chi connectivity index (χ4n) is 3.50. The van der Waals surface area contributed by atoms with Crippen LogP contribution in [0.2, 0.25) is 0 Å². The molecule has 0 amide bonds. The standard InChI is InChI=1S/C22H28O/c1-3-7-19(8-4-1)11-12-21-13-15-22(16-14-21)23-18-17-20-9-5-2-6-10-20/h1,3-4,7-8,13-16,20H,2,5-6,9-12,17-18H2. The summed E-state index contributed by atoms with van der Waals surface area (Å²) in [5.74, 6) is 1.91. The number of hydrogen-bond acceptors (Lipinski definition) is 1. The number of aryl methyl sites for hydroxylation is 2. The Balaban J connectivity index is 1.40. The van der Waals surface area contributed by atoms with Crippen molar-refractivity contribution in [1.29, 1.82) is 0 Å². The molecular weight excluding hydrogens is 280 g/mol. The molecule has 0 atom stereocenters. The Labute approximate surface area is 140 Å². The zero-order valence-electron chi connectivity index (χ0n) is 14.0. The Hall–Kier alpha value is -1.76. The van der Waals surface area contributed by atoms with Crippen LogP contribution in [0.15, 0.2) is 54.6 Å². The van der Waals surface area contributed by atoms with Gasteiger partial charge in [-0.1, -0.05) is 74.6 Å². The van der Waals surface area contributed by atoms with E-state index in [0.717, 1.165) is 31.1 Å². The van der Waals surface area contributed by atoms with E-state index < -0.39 is 0 Å². The maximum absolute atomic E-state index is 5.93. The molecule has 1 aliphatic rings. The number of benzene rings is 2. The second-order valence-electron chi connectivity index (χ2n) is 6.77. The first-order chi connectivity index (χ1) is 11.4. The molecule has 0 radical (unpaired) electrons. The Morgan fingerprint density at radius 3 is 2.09 bits per heavy atom. The molecule has 122 valence electrons. The maximum atomic E-state index is 5.93. The van der Waals surface area contributed by atoms with Crippen molar-refractivity contribution in [1.82, 2.24) is 0 Å². The van der Waals surface area contributed by atoms with Crippen molar-refractivity contribution in [2.75, 3.05) is 6.61 Å². The predicted molar refractivity (Wildman–Crippen MR) is 97.0 cm³/mol. The zero-order valence-corrected chi connectivity index (χ0v) is 14.0. The van der Waals surface area contributed by atoms with Gasteiger partial charge in [0.05, 0.1) is 6.61 Å². The molecule has 0 aliphatic heterocycles. The lowest BCUT2D eigenvalue weighted by atomic mass is 9.87. The lowest BCUT2D eigenvalue weighted by Gasteiger charge is -2.21. The fourth-order valence-corrected chi connectivity index (χ4v) is 3.50. The van der Waals surface area contributed by atoms with E-state index in [1.54, 1.807) is 0 Å². The van der Waals surface area contributed by atoms with Crippen molar-refractivity contribution in [2.24, 2.45) is 5.92 Å². The Morgan fingerprint density at radius 2 is 1.39 bits per heavy atom. The number of ether oxygens (including phenoxy) is 1. The van der Waals surface area contributed by atoms with Crippen LogP contribution in [0.25, 0.3) is 0 Å². The molecule has 0 heterocycles. The molecule has 1 heteroatoms. The van der Waals surface area contributed by atoms with Crippen LogP contribution in [0.1, 0.15) is 49.7 Å². The van der Waals surface area contributed by atoms with Gasteiger partial charge in [-0.15, -0.1) is 0 Å². The fraction of sp³-hybridized carbons (Fsp3) is 0.455. The molecular formula is C22H28O. The third kappa shape index (κ3) is 5.42. The van der Waals surface area contributed by atoms with Gasteiger partial charge < -0.3 is 4.74 Å². The molecule has 0 unspecified atom stereocenters. The highest BCUT2D eigenvalue weighted by atomic mass is 16.5. The van der Waals surface area contributed by atoms with Crippen molar-refractivity contribution in [3.05, 3.63) is 65.7 Å². The van der Waals surface area contributed by atoms with E-state index in [4.69, 9.17) is 4.74 Å². The summed E-state index contributed by atoms with van der Waals surface area (Å²) < 4.78 is 5.93. The van der Waals surface area contributed by atoms with Crippen LogP contribution in [-0.2, 0) is 12.8 Å². The van der Waals surface area contributed by atoms with E-state index in [1.807, 2.05) is 0 Å². The highest BCUT2D eigenvalue weighted by Gasteiger charge is 2.13. The highest BCUT2D eigenvalue weighted by molar-refractivity contribution is 5.28. The molecule has 0 bridgehead atoms. The molecule has 1 fully saturated rings. The normalized spacial score (nSPS) is 15.5. The van der Waals surface area contributed by atoms with Gasteiger partial charge >= 0.3 is 0 Å². The van der Waals surface area contributed by atoms with Gasteiger partial charge in [0.2, 0.25) is 0 Å². The third-order valence-electron chi connectivity index (χ3n) is 4.99. The largest absolute Gasteiger partial charge is 0.494 e. The van der Waals surface area contributed by atoms with Crippen molar-refractivity contribution in [3.63, 3.8) is 0 Å². The van der Waals surface area contributed by atoms with Crippen LogP contribution < -0.4 is 4.74 Å². The average Bonchev–Trinajstić information content (AvgIpc) is 2.63. The van der Waals surface area contributed by atoms with E-state index in [9.17, 15) is 0 Å². The Kier molecular flexibility index (Phi) is 6.14.